The molecule has 3 rings (SSSR count). The van der Waals surface area contributed by atoms with Crippen molar-refractivity contribution in [1.82, 2.24) is 0 Å². The van der Waals surface area contributed by atoms with Gasteiger partial charge in [0.25, 0.3) is 0 Å². The van der Waals surface area contributed by atoms with Crippen molar-refractivity contribution < 1.29 is 18.7 Å². The van der Waals surface area contributed by atoms with Crippen LogP contribution in [0.3, 0.4) is 0 Å². The molecule has 0 aliphatic carbocycles. The van der Waals surface area contributed by atoms with Gasteiger partial charge in [-0.3, -0.25) is 20.1 Å². The van der Waals surface area contributed by atoms with E-state index in [0.29, 0.717) is 34.7 Å². The van der Waals surface area contributed by atoms with Crippen molar-refractivity contribution >= 4 is 43.4 Å². The van der Waals surface area contributed by atoms with Gasteiger partial charge in [0.2, 0.25) is 5.91 Å². The standard InChI is InChI=1S/C17H15FN2O3S.C2H4N2.C2H6/c18-15-7-12(20-8-13(9-24)23-17(20)22)5-6-14(15)10-1-3-11(4-2-10)16(19)21;1-4-2-3;1-2/h1-7,13,24H,8-9H2,(H2,19,21);2-3H,1H2;1-2H3. The molecule has 1 unspecified atom stereocenters. The molecule has 2 aromatic rings. The number of ether oxygens (including phenoxy) is 1. The van der Waals surface area contributed by atoms with Crippen LogP contribution in [0.5, 0.6) is 0 Å². The van der Waals surface area contributed by atoms with Gasteiger partial charge in [-0.2, -0.15) is 12.6 Å². The van der Waals surface area contributed by atoms with Gasteiger partial charge in [0.05, 0.1) is 12.2 Å². The van der Waals surface area contributed by atoms with Gasteiger partial charge in [-0.25, -0.2) is 9.18 Å². The molecule has 2 aromatic carbocycles. The second-order valence-corrected chi connectivity index (χ2v) is 6.08. The first kappa shape index (κ1) is 24.8. The van der Waals surface area contributed by atoms with E-state index in [1.54, 1.807) is 36.4 Å². The molecule has 0 aromatic heterocycles. The van der Waals surface area contributed by atoms with Crippen molar-refractivity contribution in [2.24, 2.45) is 10.7 Å². The zero-order valence-electron chi connectivity index (χ0n) is 16.8. The van der Waals surface area contributed by atoms with Crippen LogP contribution in [0.25, 0.3) is 11.1 Å². The summed E-state index contributed by atoms with van der Waals surface area (Å²) in [5, 5.41) is 6.10. The molecule has 0 bridgehead atoms. The molecule has 1 saturated heterocycles. The SMILES string of the molecule is C=NC=N.CC.NC(=O)c1ccc(-c2ccc(N3CC(CS)OC3=O)cc2F)cc1. The first-order chi connectivity index (χ1) is 14.4. The predicted molar refractivity (Wildman–Crippen MR) is 122 cm³/mol. The van der Waals surface area contributed by atoms with Gasteiger partial charge in [0.15, 0.2) is 0 Å². The summed E-state index contributed by atoms with van der Waals surface area (Å²) in [5.74, 6) is -0.597. The van der Waals surface area contributed by atoms with Crippen LogP contribution in [-0.4, -0.2) is 43.5 Å². The first-order valence-corrected chi connectivity index (χ1v) is 9.78. The summed E-state index contributed by atoms with van der Waals surface area (Å²) >= 11 is 4.11. The lowest BCUT2D eigenvalue weighted by molar-refractivity contribution is 0.1000. The number of hydrogen-bond donors (Lipinski definition) is 3. The number of benzene rings is 2. The lowest BCUT2D eigenvalue weighted by atomic mass is 10.0. The predicted octanol–water partition coefficient (Wildman–Crippen LogP) is 4.17. The van der Waals surface area contributed by atoms with E-state index in [1.807, 2.05) is 13.8 Å². The van der Waals surface area contributed by atoms with Gasteiger partial charge in [-0.15, -0.1) is 0 Å². The van der Waals surface area contributed by atoms with Crippen molar-refractivity contribution in [3.63, 3.8) is 0 Å². The Kier molecular flexibility index (Phi) is 10.3. The number of nitrogens with one attached hydrogen (secondary N) is 1. The van der Waals surface area contributed by atoms with E-state index in [0.717, 1.165) is 6.34 Å². The van der Waals surface area contributed by atoms with E-state index in [-0.39, 0.29) is 6.10 Å². The number of anilines is 1. The van der Waals surface area contributed by atoms with E-state index >= 15 is 0 Å². The molecule has 0 saturated carbocycles. The second kappa shape index (κ2) is 12.4. The number of carbonyl (C=O) groups is 2. The quantitative estimate of drug-likeness (QED) is 0.375. The summed E-state index contributed by atoms with van der Waals surface area (Å²) in [7, 11) is 0. The number of rotatable bonds is 5. The maximum absolute atomic E-state index is 14.5. The van der Waals surface area contributed by atoms with Crippen LogP contribution < -0.4 is 10.6 Å². The molecule has 160 valence electrons. The molecule has 1 aliphatic heterocycles. The molecular weight excluding hydrogens is 407 g/mol. The second-order valence-electron chi connectivity index (χ2n) is 5.72. The van der Waals surface area contributed by atoms with Crippen molar-refractivity contribution in [1.29, 1.82) is 5.41 Å². The monoisotopic (exact) mass is 432 g/mol. The fraction of sp³-hybridized carbons (Fsp3) is 0.238. The Morgan fingerprint density at radius 1 is 1.37 bits per heavy atom. The fourth-order valence-corrected chi connectivity index (χ4v) is 2.74. The Hall–Kier alpha value is -3.20. The Balaban J connectivity index is 0.000000673. The molecule has 30 heavy (non-hydrogen) atoms. The van der Waals surface area contributed by atoms with Crippen LogP contribution in [-0.2, 0) is 4.74 Å². The third-order valence-corrected chi connectivity index (χ3v) is 4.32. The average molecular weight is 433 g/mol. The van der Waals surface area contributed by atoms with E-state index in [1.165, 1.54) is 11.0 Å². The molecule has 2 amide bonds. The van der Waals surface area contributed by atoms with Crippen molar-refractivity contribution in [3.8, 4) is 11.1 Å². The molecule has 0 radical (unpaired) electrons. The lowest BCUT2D eigenvalue weighted by Gasteiger charge is -2.14. The minimum absolute atomic E-state index is 0.301. The molecular formula is C21H25FN4O3S. The molecule has 1 heterocycles. The van der Waals surface area contributed by atoms with Gasteiger partial charge in [0.1, 0.15) is 18.3 Å². The van der Waals surface area contributed by atoms with Gasteiger partial charge in [-0.1, -0.05) is 26.0 Å². The van der Waals surface area contributed by atoms with Gasteiger partial charge < -0.3 is 10.5 Å². The highest BCUT2D eigenvalue weighted by atomic mass is 32.1. The van der Waals surface area contributed by atoms with Crippen LogP contribution in [0.1, 0.15) is 24.2 Å². The van der Waals surface area contributed by atoms with E-state index in [4.69, 9.17) is 15.9 Å². The van der Waals surface area contributed by atoms with Crippen molar-refractivity contribution in [2.45, 2.75) is 20.0 Å². The Morgan fingerprint density at radius 3 is 2.40 bits per heavy atom. The van der Waals surface area contributed by atoms with E-state index in [9.17, 15) is 14.0 Å². The van der Waals surface area contributed by atoms with Crippen LogP contribution in [0.15, 0.2) is 47.5 Å². The summed E-state index contributed by atoms with van der Waals surface area (Å²) in [4.78, 5) is 27.3. The van der Waals surface area contributed by atoms with Crippen LogP contribution in [0, 0.1) is 11.2 Å². The van der Waals surface area contributed by atoms with Crippen LogP contribution in [0.4, 0.5) is 14.9 Å². The number of hydrogen-bond acceptors (Lipinski definition) is 5. The largest absolute Gasteiger partial charge is 0.443 e. The normalized spacial score (nSPS) is 14.5. The van der Waals surface area contributed by atoms with Crippen molar-refractivity contribution in [2.75, 3.05) is 17.2 Å². The number of halogens is 1. The topological polar surface area (TPSA) is 109 Å². The Morgan fingerprint density at radius 2 is 1.97 bits per heavy atom. The van der Waals surface area contributed by atoms with Crippen LogP contribution in [0.2, 0.25) is 0 Å². The number of nitrogens with two attached hydrogens (primary N) is 1. The number of aliphatic imine (C=N–C) groups is 1. The number of cyclic esters (lactones) is 1. The van der Waals surface area contributed by atoms with Gasteiger partial charge in [-0.05, 0) is 42.6 Å². The van der Waals surface area contributed by atoms with Gasteiger partial charge >= 0.3 is 6.09 Å². The van der Waals surface area contributed by atoms with E-state index in [2.05, 4.69) is 24.3 Å². The Labute approximate surface area is 180 Å². The zero-order valence-corrected chi connectivity index (χ0v) is 17.7. The maximum atomic E-state index is 14.5. The average Bonchev–Trinajstić information content (AvgIpc) is 3.16. The highest BCUT2D eigenvalue weighted by Gasteiger charge is 2.31. The fourth-order valence-electron chi connectivity index (χ4n) is 2.55. The minimum Gasteiger partial charge on any atom is -0.443 e. The molecule has 3 N–H and O–H groups in total. The first-order valence-electron chi connectivity index (χ1n) is 9.14. The molecule has 0 spiro atoms. The minimum atomic E-state index is -0.538. The van der Waals surface area contributed by atoms with Crippen molar-refractivity contribution in [3.05, 3.63) is 53.8 Å². The molecule has 7 nitrogen and oxygen atoms in total. The summed E-state index contributed by atoms with van der Waals surface area (Å²) in [6, 6.07) is 10.9. The summed E-state index contributed by atoms with van der Waals surface area (Å²) in [6.45, 7) is 7.33. The summed E-state index contributed by atoms with van der Waals surface area (Å²) in [5.41, 5.74) is 6.96. The summed E-state index contributed by atoms with van der Waals surface area (Å²) in [6.07, 6.45) is 0.0805. The van der Waals surface area contributed by atoms with E-state index < -0.39 is 17.8 Å². The van der Waals surface area contributed by atoms with Gasteiger partial charge in [0, 0.05) is 16.9 Å². The zero-order chi connectivity index (χ0) is 22.7. The van der Waals surface area contributed by atoms with Crippen LogP contribution >= 0.6 is 12.6 Å². The smallest absolute Gasteiger partial charge is 0.414 e. The number of primary amides is 1. The molecule has 1 atom stereocenters. The number of carbonyl (C=O) groups excluding carboxylic acids is 2. The maximum Gasteiger partial charge on any atom is 0.414 e. The summed E-state index contributed by atoms with van der Waals surface area (Å²) < 4.78 is 19.6. The highest BCUT2D eigenvalue weighted by Crippen LogP contribution is 2.29. The Bertz CT molecular complexity index is 884. The third-order valence-electron chi connectivity index (χ3n) is 3.91. The highest BCUT2D eigenvalue weighted by molar-refractivity contribution is 7.80. The number of thiol groups is 1. The molecule has 1 aliphatic rings. The lowest BCUT2D eigenvalue weighted by Crippen LogP contribution is -2.24. The molecule has 9 heteroatoms. The number of nitrogens with zero attached hydrogens (tertiary/aromatic N) is 2. The number of amides is 2. The third kappa shape index (κ3) is 6.41. The molecule has 1 fully saturated rings.